The van der Waals surface area contributed by atoms with Crippen LogP contribution >= 0.6 is 12.6 Å². The maximum Gasteiger partial charge on any atom is 0.328 e. The Hall–Kier alpha value is -2.35. The smallest absolute Gasteiger partial charge is 0.328 e. The van der Waals surface area contributed by atoms with Gasteiger partial charge in [-0.25, -0.2) is 4.79 Å². The van der Waals surface area contributed by atoms with Crippen LogP contribution in [0.5, 0.6) is 11.5 Å². The highest BCUT2D eigenvalue weighted by Crippen LogP contribution is 2.15. The molecule has 5 N–H and O–H groups in total. The molecule has 2 rings (SSSR count). The standard InChI is InChI=1S/C18H20N2O4S/c19-15(9-11-1-5-13(21)6-2-11)18(23)24-14-7-3-12(4-8-14)17(22)16(20)10-25/h1-8,15-16,21,25H,9-10,19-20H2/t15-,16-/m0/s1. The van der Waals surface area contributed by atoms with Gasteiger partial charge in [-0.3, -0.25) is 4.79 Å². The van der Waals surface area contributed by atoms with Crippen LogP contribution in [0.2, 0.25) is 0 Å². The van der Waals surface area contributed by atoms with Gasteiger partial charge in [-0.15, -0.1) is 0 Å². The van der Waals surface area contributed by atoms with Crippen LogP contribution in [0.3, 0.4) is 0 Å². The summed E-state index contributed by atoms with van der Waals surface area (Å²) in [5.74, 6) is -0.118. The first-order valence-corrected chi connectivity index (χ1v) is 8.30. The first kappa shape index (κ1) is 19.0. The number of benzene rings is 2. The third-order valence-electron chi connectivity index (χ3n) is 3.59. The maximum absolute atomic E-state index is 12.1. The molecule has 2 atom stereocenters. The third-order valence-corrected chi connectivity index (χ3v) is 3.98. The Kier molecular flexibility index (Phi) is 6.58. The predicted molar refractivity (Wildman–Crippen MR) is 98.0 cm³/mol. The van der Waals surface area contributed by atoms with Crippen molar-refractivity contribution in [3.05, 3.63) is 59.7 Å². The average molecular weight is 360 g/mol. The van der Waals surface area contributed by atoms with E-state index >= 15 is 0 Å². The predicted octanol–water partition coefficient (Wildman–Crippen LogP) is 1.31. The van der Waals surface area contributed by atoms with E-state index in [4.69, 9.17) is 16.2 Å². The molecule has 0 unspecified atom stereocenters. The van der Waals surface area contributed by atoms with Crippen molar-refractivity contribution < 1.29 is 19.4 Å². The summed E-state index contributed by atoms with van der Waals surface area (Å²) in [6.45, 7) is 0. The molecular weight excluding hydrogens is 340 g/mol. The second-order valence-electron chi connectivity index (χ2n) is 5.58. The van der Waals surface area contributed by atoms with Crippen molar-refractivity contribution in [2.24, 2.45) is 11.5 Å². The maximum atomic E-state index is 12.1. The van der Waals surface area contributed by atoms with Crippen LogP contribution in [0.4, 0.5) is 0 Å². The molecule has 0 aromatic heterocycles. The van der Waals surface area contributed by atoms with Gasteiger partial charge >= 0.3 is 5.97 Å². The van der Waals surface area contributed by atoms with Crippen molar-refractivity contribution in [3.63, 3.8) is 0 Å². The number of esters is 1. The molecule has 0 aliphatic rings. The average Bonchev–Trinajstić information content (AvgIpc) is 2.62. The quantitative estimate of drug-likeness (QED) is 0.256. The lowest BCUT2D eigenvalue weighted by Crippen LogP contribution is -2.36. The van der Waals surface area contributed by atoms with E-state index < -0.39 is 18.1 Å². The topological polar surface area (TPSA) is 116 Å². The van der Waals surface area contributed by atoms with E-state index in [1.165, 1.54) is 24.3 Å². The van der Waals surface area contributed by atoms with Gasteiger partial charge in [0, 0.05) is 11.3 Å². The van der Waals surface area contributed by atoms with Crippen LogP contribution in [-0.2, 0) is 11.2 Å². The van der Waals surface area contributed by atoms with Crippen molar-refractivity contribution in [2.45, 2.75) is 18.5 Å². The van der Waals surface area contributed by atoms with Crippen molar-refractivity contribution in [1.82, 2.24) is 0 Å². The van der Waals surface area contributed by atoms with E-state index in [9.17, 15) is 14.7 Å². The van der Waals surface area contributed by atoms with E-state index in [1.54, 1.807) is 24.3 Å². The van der Waals surface area contributed by atoms with Gasteiger partial charge in [0.05, 0.1) is 6.04 Å². The van der Waals surface area contributed by atoms with E-state index in [0.717, 1.165) is 5.56 Å². The monoisotopic (exact) mass is 360 g/mol. The van der Waals surface area contributed by atoms with E-state index in [0.29, 0.717) is 11.3 Å². The summed E-state index contributed by atoms with van der Waals surface area (Å²) < 4.78 is 5.22. The number of hydrogen-bond donors (Lipinski definition) is 4. The van der Waals surface area contributed by atoms with Gasteiger partial charge in [-0.1, -0.05) is 12.1 Å². The van der Waals surface area contributed by atoms with Crippen molar-refractivity contribution >= 4 is 24.4 Å². The molecule has 0 saturated heterocycles. The van der Waals surface area contributed by atoms with Crippen LogP contribution in [0, 0.1) is 0 Å². The molecule has 25 heavy (non-hydrogen) atoms. The molecule has 2 aromatic carbocycles. The molecule has 0 aliphatic carbocycles. The zero-order valence-electron chi connectivity index (χ0n) is 13.5. The lowest BCUT2D eigenvalue weighted by atomic mass is 10.1. The largest absolute Gasteiger partial charge is 0.508 e. The molecule has 132 valence electrons. The molecule has 0 heterocycles. The molecule has 0 fully saturated rings. The summed E-state index contributed by atoms with van der Waals surface area (Å²) in [7, 11) is 0. The Labute approximate surface area is 151 Å². The normalized spacial score (nSPS) is 13.1. The van der Waals surface area contributed by atoms with Crippen LogP contribution in [0.25, 0.3) is 0 Å². The number of carbonyl (C=O) groups is 2. The second kappa shape index (κ2) is 8.66. The molecule has 0 aliphatic heterocycles. The Morgan fingerprint density at radius 2 is 1.60 bits per heavy atom. The molecule has 6 nitrogen and oxygen atoms in total. The van der Waals surface area contributed by atoms with Crippen LogP contribution in [0.1, 0.15) is 15.9 Å². The Morgan fingerprint density at radius 1 is 1.00 bits per heavy atom. The first-order valence-electron chi connectivity index (χ1n) is 7.66. The summed E-state index contributed by atoms with van der Waals surface area (Å²) in [5.41, 5.74) is 12.7. The highest BCUT2D eigenvalue weighted by Gasteiger charge is 2.18. The van der Waals surface area contributed by atoms with Gasteiger partial charge in [0.25, 0.3) is 0 Å². The van der Waals surface area contributed by atoms with E-state index in [2.05, 4.69) is 12.6 Å². The highest BCUT2D eigenvalue weighted by molar-refractivity contribution is 7.80. The third kappa shape index (κ3) is 5.32. The van der Waals surface area contributed by atoms with Crippen LogP contribution < -0.4 is 16.2 Å². The van der Waals surface area contributed by atoms with Crippen molar-refractivity contribution in [3.8, 4) is 11.5 Å². The zero-order valence-corrected chi connectivity index (χ0v) is 14.4. The number of thiol groups is 1. The molecule has 2 aromatic rings. The SMILES string of the molecule is N[C@@H](Cc1ccc(O)cc1)C(=O)Oc1ccc(C(=O)[C@@H](N)CS)cc1. The number of ketones is 1. The lowest BCUT2D eigenvalue weighted by Gasteiger charge is -2.12. The second-order valence-corrected chi connectivity index (χ2v) is 5.94. The highest BCUT2D eigenvalue weighted by atomic mass is 32.1. The molecule has 7 heteroatoms. The number of hydrogen-bond acceptors (Lipinski definition) is 7. The first-order chi connectivity index (χ1) is 11.9. The summed E-state index contributed by atoms with van der Waals surface area (Å²) >= 11 is 4.00. The number of nitrogens with two attached hydrogens (primary N) is 2. The summed E-state index contributed by atoms with van der Waals surface area (Å²) in [6.07, 6.45) is 0.284. The number of aromatic hydroxyl groups is 1. The number of carbonyl (C=O) groups excluding carboxylic acids is 2. The van der Waals surface area contributed by atoms with Crippen LogP contribution in [0.15, 0.2) is 48.5 Å². The summed E-state index contributed by atoms with van der Waals surface area (Å²) in [5, 5.41) is 9.25. The van der Waals surface area contributed by atoms with Crippen molar-refractivity contribution in [2.75, 3.05) is 5.75 Å². The van der Waals surface area contributed by atoms with E-state index in [-0.39, 0.29) is 23.7 Å². The van der Waals surface area contributed by atoms with Gasteiger partial charge in [0.15, 0.2) is 5.78 Å². The number of phenols is 1. The minimum absolute atomic E-state index is 0.146. The molecule has 0 spiro atoms. The summed E-state index contributed by atoms with van der Waals surface area (Å²) in [6, 6.07) is 11.0. The van der Waals surface area contributed by atoms with Crippen LogP contribution in [-0.4, -0.2) is 34.7 Å². The fraction of sp³-hybridized carbons (Fsp3) is 0.222. The lowest BCUT2D eigenvalue weighted by molar-refractivity contribution is -0.135. The number of rotatable bonds is 7. The Balaban J connectivity index is 1.95. The van der Waals surface area contributed by atoms with Gasteiger partial charge in [-0.05, 0) is 48.4 Å². The van der Waals surface area contributed by atoms with Gasteiger partial charge < -0.3 is 21.3 Å². The minimum Gasteiger partial charge on any atom is -0.508 e. The molecule has 0 radical (unpaired) electrons. The van der Waals surface area contributed by atoms with Crippen molar-refractivity contribution in [1.29, 1.82) is 0 Å². The molecule has 0 amide bonds. The zero-order chi connectivity index (χ0) is 18.4. The number of phenolic OH excluding ortho intramolecular Hbond substituents is 1. The molecular formula is C18H20N2O4S. The van der Waals surface area contributed by atoms with Gasteiger partial charge in [0.1, 0.15) is 17.5 Å². The van der Waals surface area contributed by atoms with Gasteiger partial charge in [0.2, 0.25) is 0 Å². The Morgan fingerprint density at radius 3 is 2.16 bits per heavy atom. The fourth-order valence-corrected chi connectivity index (χ4v) is 2.31. The molecule has 0 bridgehead atoms. The Bertz CT molecular complexity index is 732. The van der Waals surface area contributed by atoms with E-state index in [1.807, 2.05) is 0 Å². The fourth-order valence-electron chi connectivity index (χ4n) is 2.15. The minimum atomic E-state index is -0.844. The number of Topliss-reactive ketones (excluding diaryl/α,β-unsaturated/α-hetero) is 1. The van der Waals surface area contributed by atoms with Gasteiger partial charge in [-0.2, -0.15) is 12.6 Å². The molecule has 0 saturated carbocycles. The summed E-state index contributed by atoms with van der Waals surface area (Å²) in [4.78, 5) is 24.0. The number of ether oxygens (including phenoxy) is 1.